The Bertz CT molecular complexity index is 991. The molecule has 0 nitrogen and oxygen atoms in total. The summed E-state index contributed by atoms with van der Waals surface area (Å²) in [5.74, 6) is 1.92. The lowest BCUT2D eigenvalue weighted by molar-refractivity contribution is 1.36. The summed E-state index contributed by atoms with van der Waals surface area (Å²) in [6.45, 7) is 0. The molecule has 28 heavy (non-hydrogen) atoms. The van der Waals surface area contributed by atoms with Crippen molar-refractivity contribution in [3.05, 3.63) is 105 Å². The molecule has 4 aromatic rings. The molecule has 4 rings (SSSR count). The Morgan fingerprint density at radius 1 is 0.500 bits per heavy atom. The van der Waals surface area contributed by atoms with Gasteiger partial charge in [-0.25, -0.2) is 0 Å². The minimum absolute atomic E-state index is 0.959. The van der Waals surface area contributed by atoms with Crippen molar-refractivity contribution in [3.63, 3.8) is 0 Å². The van der Waals surface area contributed by atoms with Crippen LogP contribution >= 0.6 is 55.4 Å². The number of rotatable bonds is 6. The second kappa shape index (κ2) is 9.53. The van der Waals surface area contributed by atoms with Gasteiger partial charge in [0.15, 0.2) is 0 Å². The van der Waals surface area contributed by atoms with Crippen molar-refractivity contribution in [1.82, 2.24) is 0 Å². The lowest BCUT2D eigenvalue weighted by atomic mass is 10.1. The van der Waals surface area contributed by atoms with Gasteiger partial charge in [-0.3, -0.25) is 0 Å². The Hall–Kier alpha value is -1.20. The van der Waals surface area contributed by atoms with E-state index in [1.54, 1.807) is 0 Å². The lowest BCUT2D eigenvalue weighted by Gasteiger charge is -2.14. The Morgan fingerprint density at radius 3 is 1.29 bits per heavy atom. The summed E-state index contributed by atoms with van der Waals surface area (Å²) in [5, 5.41) is 2.60. The molecule has 0 N–H and O–H groups in total. The Balaban J connectivity index is 1.66. The van der Waals surface area contributed by atoms with E-state index in [9.17, 15) is 0 Å². The van der Waals surface area contributed by atoms with E-state index in [1.807, 2.05) is 23.5 Å². The van der Waals surface area contributed by atoms with Gasteiger partial charge >= 0.3 is 0 Å². The molecule has 4 aromatic carbocycles. The summed E-state index contributed by atoms with van der Waals surface area (Å²) in [6, 6.07) is 30.1. The van der Waals surface area contributed by atoms with Crippen LogP contribution < -0.4 is 0 Å². The first kappa shape index (κ1) is 20.1. The second-order valence-electron chi connectivity index (χ2n) is 6.40. The average Bonchev–Trinajstić information content (AvgIpc) is 2.74. The third-order valence-corrected chi connectivity index (χ3v) is 8.72. The molecule has 4 heteroatoms. The number of halogens is 2. The minimum atomic E-state index is 0.959. The maximum Gasteiger partial charge on any atom is 0.0317 e. The first-order chi connectivity index (χ1) is 13.7. The Labute approximate surface area is 191 Å². The van der Waals surface area contributed by atoms with Crippen LogP contribution in [0.15, 0.2) is 104 Å². The van der Waals surface area contributed by atoms with Crippen molar-refractivity contribution < 1.29 is 0 Å². The Morgan fingerprint density at radius 2 is 0.893 bits per heavy atom. The van der Waals surface area contributed by atoms with E-state index in [1.165, 1.54) is 31.7 Å². The molecule has 0 spiro atoms. The number of hydrogen-bond donors (Lipinski definition) is 0. The van der Waals surface area contributed by atoms with Crippen LogP contribution in [0.2, 0.25) is 0 Å². The van der Waals surface area contributed by atoms with Crippen molar-refractivity contribution in [1.29, 1.82) is 0 Å². The highest BCUT2D eigenvalue weighted by Gasteiger charge is 2.13. The fraction of sp³-hybridized carbons (Fsp3) is 0.0833. The van der Waals surface area contributed by atoms with Crippen LogP contribution in [0.5, 0.6) is 0 Å². The highest BCUT2D eigenvalue weighted by molar-refractivity contribution is 9.10. The van der Waals surface area contributed by atoms with Crippen molar-refractivity contribution in [2.75, 3.05) is 0 Å². The molecule has 0 unspecified atom stereocenters. The smallest absolute Gasteiger partial charge is 0.0317 e. The van der Waals surface area contributed by atoms with Crippen LogP contribution in [0.4, 0.5) is 0 Å². The lowest BCUT2D eigenvalue weighted by Crippen LogP contribution is -1.87. The van der Waals surface area contributed by atoms with Gasteiger partial charge in [0, 0.05) is 30.2 Å². The highest BCUT2D eigenvalue weighted by atomic mass is 79.9. The second-order valence-corrected chi connectivity index (χ2v) is 10.1. The highest BCUT2D eigenvalue weighted by Crippen LogP contribution is 2.43. The summed E-state index contributed by atoms with van der Waals surface area (Å²) >= 11 is 11.3. The van der Waals surface area contributed by atoms with Crippen LogP contribution in [-0.2, 0) is 11.5 Å². The van der Waals surface area contributed by atoms with E-state index in [2.05, 4.69) is 117 Å². The van der Waals surface area contributed by atoms with E-state index in [0.717, 1.165) is 20.5 Å². The minimum Gasteiger partial charge on any atom is -0.120 e. The molecule has 140 valence electrons. The topological polar surface area (TPSA) is 0 Å². The van der Waals surface area contributed by atoms with Crippen LogP contribution in [0, 0.1) is 0 Å². The van der Waals surface area contributed by atoms with Crippen molar-refractivity contribution in [3.8, 4) is 0 Å². The number of thioether (sulfide) groups is 2. The first-order valence-electron chi connectivity index (χ1n) is 8.96. The fourth-order valence-corrected chi connectivity index (χ4v) is 6.51. The summed E-state index contributed by atoms with van der Waals surface area (Å²) in [7, 11) is 0. The van der Waals surface area contributed by atoms with Gasteiger partial charge in [0.25, 0.3) is 0 Å². The molecule has 0 fully saturated rings. The standard InChI is InChI=1S/C24H18Br2S2/c25-21-13-12-20-19(23(21)27-15-17-7-3-1-4-8-17)11-14-22(26)24(20)28-16-18-9-5-2-6-10-18/h1-14H,15-16H2. The van der Waals surface area contributed by atoms with Gasteiger partial charge < -0.3 is 0 Å². The molecule has 0 atom stereocenters. The average molecular weight is 530 g/mol. The molecule has 0 aliphatic heterocycles. The van der Waals surface area contributed by atoms with Crippen LogP contribution in [-0.4, -0.2) is 0 Å². The van der Waals surface area contributed by atoms with Gasteiger partial charge in [0.05, 0.1) is 0 Å². The van der Waals surface area contributed by atoms with Gasteiger partial charge in [-0.05, 0) is 65.9 Å². The zero-order valence-electron chi connectivity index (χ0n) is 15.1. The molecule has 0 bridgehead atoms. The monoisotopic (exact) mass is 528 g/mol. The summed E-state index contributed by atoms with van der Waals surface area (Å²) < 4.78 is 2.31. The predicted octanol–water partition coefficient (Wildman–Crippen LogP) is 8.95. The molecule has 0 amide bonds. The SMILES string of the molecule is Brc1ccc2c(SCc3ccccc3)c(Br)ccc2c1SCc1ccccc1. The van der Waals surface area contributed by atoms with Gasteiger partial charge in [0.2, 0.25) is 0 Å². The normalized spacial score (nSPS) is 11.1. The zero-order valence-corrected chi connectivity index (χ0v) is 19.9. The molecule has 0 aliphatic carbocycles. The van der Waals surface area contributed by atoms with Gasteiger partial charge in [-0.2, -0.15) is 0 Å². The number of hydrogen-bond acceptors (Lipinski definition) is 2. The van der Waals surface area contributed by atoms with Gasteiger partial charge in [-0.1, -0.05) is 72.8 Å². The third-order valence-electron chi connectivity index (χ3n) is 4.46. The van der Waals surface area contributed by atoms with E-state index in [4.69, 9.17) is 0 Å². The van der Waals surface area contributed by atoms with E-state index in [0.29, 0.717) is 0 Å². The molecule has 0 aromatic heterocycles. The zero-order chi connectivity index (χ0) is 19.3. The van der Waals surface area contributed by atoms with Crippen LogP contribution in [0.1, 0.15) is 11.1 Å². The van der Waals surface area contributed by atoms with E-state index < -0.39 is 0 Å². The predicted molar refractivity (Wildman–Crippen MR) is 131 cm³/mol. The van der Waals surface area contributed by atoms with Crippen molar-refractivity contribution >= 4 is 66.2 Å². The maximum atomic E-state index is 3.77. The molecule has 0 aliphatic rings. The molecule has 0 saturated carbocycles. The Kier molecular flexibility index (Phi) is 6.84. The number of benzene rings is 4. The number of fused-ring (bicyclic) bond motifs is 1. The van der Waals surface area contributed by atoms with Crippen LogP contribution in [0.3, 0.4) is 0 Å². The fourth-order valence-electron chi connectivity index (χ4n) is 3.05. The van der Waals surface area contributed by atoms with Crippen LogP contribution in [0.25, 0.3) is 10.8 Å². The van der Waals surface area contributed by atoms with Crippen molar-refractivity contribution in [2.24, 2.45) is 0 Å². The molecule has 0 heterocycles. The molecule has 0 radical (unpaired) electrons. The molecular formula is C24H18Br2S2. The molecular weight excluding hydrogens is 512 g/mol. The first-order valence-corrected chi connectivity index (χ1v) is 12.5. The van der Waals surface area contributed by atoms with E-state index in [-0.39, 0.29) is 0 Å². The summed E-state index contributed by atoms with van der Waals surface area (Å²) in [4.78, 5) is 2.60. The quantitative estimate of drug-likeness (QED) is 0.228. The summed E-state index contributed by atoms with van der Waals surface area (Å²) in [5.41, 5.74) is 2.68. The summed E-state index contributed by atoms with van der Waals surface area (Å²) in [6.07, 6.45) is 0. The van der Waals surface area contributed by atoms with E-state index >= 15 is 0 Å². The molecule has 0 saturated heterocycles. The largest absolute Gasteiger partial charge is 0.120 e. The third kappa shape index (κ3) is 4.68. The van der Waals surface area contributed by atoms with Crippen molar-refractivity contribution in [2.45, 2.75) is 21.3 Å². The maximum absolute atomic E-state index is 3.77. The van der Waals surface area contributed by atoms with Gasteiger partial charge in [0.1, 0.15) is 0 Å². The van der Waals surface area contributed by atoms with Gasteiger partial charge in [-0.15, -0.1) is 23.5 Å².